The van der Waals surface area contributed by atoms with Gasteiger partial charge >= 0.3 is 0 Å². The number of fused-ring (bicyclic) bond motifs is 11. The number of rotatable bonds is 5. The summed E-state index contributed by atoms with van der Waals surface area (Å²) in [5.41, 5.74) is 16.4. The van der Waals surface area contributed by atoms with E-state index in [0.717, 1.165) is 88.6 Å². The maximum atomic E-state index is 6.70. The van der Waals surface area contributed by atoms with Crippen molar-refractivity contribution in [2.45, 2.75) is 19.3 Å². The number of nitrogens with zero attached hydrogens (tertiary/aromatic N) is 1. The standard InChI is InChI=1S/C55H37NO2/c1-55(2)46-23-8-5-16-39(46)43-21-12-25-48(52(43)55)56(36-31-28-35(29-32-36)38-19-11-22-44-41-18-7-10-26-49(41)57-53(38)44)47-24-9-6-17-40(47)42-20-13-27-50-51(42)45-33-30-34-14-3-4-15-37(34)54(45)58-50/h3-33H,1-2H3. The van der Waals surface area contributed by atoms with Crippen LogP contribution in [0.3, 0.4) is 0 Å². The summed E-state index contributed by atoms with van der Waals surface area (Å²) in [5, 5.41) is 6.79. The molecule has 2 heterocycles. The molecule has 0 atom stereocenters. The summed E-state index contributed by atoms with van der Waals surface area (Å²) in [6, 6.07) is 67.6. The molecule has 1 aliphatic rings. The van der Waals surface area contributed by atoms with E-state index in [1.807, 2.05) is 12.1 Å². The third-order valence-corrected chi connectivity index (χ3v) is 12.5. The normalized spacial score (nSPS) is 13.1. The van der Waals surface area contributed by atoms with E-state index in [0.29, 0.717) is 0 Å². The van der Waals surface area contributed by atoms with Crippen molar-refractivity contribution in [3.05, 3.63) is 199 Å². The van der Waals surface area contributed by atoms with E-state index in [-0.39, 0.29) is 5.41 Å². The van der Waals surface area contributed by atoms with Crippen LogP contribution in [0.1, 0.15) is 25.0 Å². The average molecular weight is 744 g/mol. The Labute approximate surface area is 336 Å². The first kappa shape index (κ1) is 32.8. The lowest BCUT2D eigenvalue weighted by Crippen LogP contribution is -2.21. The van der Waals surface area contributed by atoms with E-state index in [9.17, 15) is 0 Å². The molecule has 0 saturated heterocycles. The molecule has 0 spiro atoms. The molecule has 11 aromatic rings. The minimum absolute atomic E-state index is 0.228. The molecule has 3 heteroatoms. The van der Waals surface area contributed by atoms with Gasteiger partial charge in [0.1, 0.15) is 22.3 Å². The SMILES string of the molecule is CC1(C)c2ccccc2-c2cccc(N(c3ccc(-c4cccc5c4oc4ccccc45)cc3)c3ccccc3-c3cccc4oc5c6ccccc6ccc5c34)c21. The summed E-state index contributed by atoms with van der Waals surface area (Å²) in [6.45, 7) is 4.73. The molecular formula is C55H37NO2. The summed E-state index contributed by atoms with van der Waals surface area (Å²) >= 11 is 0. The van der Waals surface area contributed by atoms with Crippen LogP contribution in [0.5, 0.6) is 0 Å². The molecular weight excluding hydrogens is 707 g/mol. The van der Waals surface area contributed by atoms with Crippen molar-refractivity contribution < 1.29 is 8.83 Å². The average Bonchev–Trinajstić information content (AvgIpc) is 3.93. The quantitative estimate of drug-likeness (QED) is 0.176. The van der Waals surface area contributed by atoms with Crippen molar-refractivity contribution >= 4 is 71.7 Å². The Kier molecular flexibility index (Phi) is 6.98. The van der Waals surface area contributed by atoms with Crippen LogP contribution in [0.2, 0.25) is 0 Å². The van der Waals surface area contributed by atoms with Crippen molar-refractivity contribution in [3.63, 3.8) is 0 Å². The molecule has 0 unspecified atom stereocenters. The summed E-state index contributed by atoms with van der Waals surface area (Å²) in [5.74, 6) is 0. The van der Waals surface area contributed by atoms with E-state index < -0.39 is 0 Å². The topological polar surface area (TPSA) is 29.5 Å². The molecule has 12 rings (SSSR count). The third-order valence-electron chi connectivity index (χ3n) is 12.5. The van der Waals surface area contributed by atoms with Crippen LogP contribution in [0.4, 0.5) is 17.1 Å². The Morgan fingerprint density at radius 1 is 0.397 bits per heavy atom. The number of para-hydroxylation sites is 3. The maximum absolute atomic E-state index is 6.70. The Morgan fingerprint density at radius 3 is 1.91 bits per heavy atom. The first-order valence-corrected chi connectivity index (χ1v) is 20.0. The molecule has 0 aliphatic heterocycles. The van der Waals surface area contributed by atoms with E-state index in [1.54, 1.807) is 0 Å². The second-order valence-electron chi connectivity index (χ2n) is 16.0. The van der Waals surface area contributed by atoms with Gasteiger partial charge in [0.2, 0.25) is 0 Å². The molecule has 9 aromatic carbocycles. The van der Waals surface area contributed by atoms with E-state index in [1.165, 1.54) is 27.6 Å². The zero-order valence-electron chi connectivity index (χ0n) is 32.2. The molecule has 58 heavy (non-hydrogen) atoms. The van der Waals surface area contributed by atoms with Gasteiger partial charge in [-0.1, -0.05) is 159 Å². The number of anilines is 3. The molecule has 0 amide bonds. The number of furan rings is 2. The second kappa shape index (κ2) is 12.3. The molecule has 274 valence electrons. The van der Waals surface area contributed by atoms with Gasteiger partial charge in [-0.15, -0.1) is 0 Å². The maximum Gasteiger partial charge on any atom is 0.143 e. The molecule has 0 N–H and O–H groups in total. The van der Waals surface area contributed by atoms with Crippen molar-refractivity contribution in [1.29, 1.82) is 0 Å². The zero-order chi connectivity index (χ0) is 38.5. The monoisotopic (exact) mass is 743 g/mol. The molecule has 0 bridgehead atoms. The van der Waals surface area contributed by atoms with Gasteiger partial charge in [0, 0.05) is 49.2 Å². The predicted molar refractivity (Wildman–Crippen MR) is 242 cm³/mol. The van der Waals surface area contributed by atoms with Gasteiger partial charge < -0.3 is 13.7 Å². The van der Waals surface area contributed by atoms with E-state index in [2.05, 4.69) is 195 Å². The molecule has 3 nitrogen and oxygen atoms in total. The molecule has 1 aliphatic carbocycles. The fourth-order valence-corrected chi connectivity index (χ4v) is 9.85. The lowest BCUT2D eigenvalue weighted by atomic mass is 9.81. The molecule has 2 aromatic heterocycles. The van der Waals surface area contributed by atoms with Gasteiger partial charge in [0.05, 0.1) is 11.4 Å². The fraction of sp³-hybridized carbons (Fsp3) is 0.0545. The number of hydrogen-bond donors (Lipinski definition) is 0. The minimum atomic E-state index is -0.228. The Morgan fingerprint density at radius 2 is 1.02 bits per heavy atom. The van der Waals surface area contributed by atoms with Gasteiger partial charge in [0.15, 0.2) is 0 Å². The zero-order valence-corrected chi connectivity index (χ0v) is 32.2. The fourth-order valence-electron chi connectivity index (χ4n) is 9.85. The Bertz CT molecular complexity index is 3440. The Hall–Kier alpha value is -7.36. The van der Waals surface area contributed by atoms with Crippen molar-refractivity contribution in [3.8, 4) is 33.4 Å². The van der Waals surface area contributed by atoms with Crippen LogP contribution in [-0.4, -0.2) is 0 Å². The third kappa shape index (κ3) is 4.68. The van der Waals surface area contributed by atoms with E-state index >= 15 is 0 Å². The second-order valence-corrected chi connectivity index (χ2v) is 16.0. The van der Waals surface area contributed by atoms with Crippen LogP contribution in [0.15, 0.2) is 197 Å². The largest absolute Gasteiger partial charge is 0.455 e. The number of hydrogen-bond acceptors (Lipinski definition) is 3. The van der Waals surface area contributed by atoms with Crippen molar-refractivity contribution in [1.82, 2.24) is 0 Å². The summed E-state index contributed by atoms with van der Waals surface area (Å²) < 4.78 is 13.2. The minimum Gasteiger partial charge on any atom is -0.455 e. The van der Waals surface area contributed by atoms with Crippen LogP contribution in [-0.2, 0) is 5.41 Å². The highest BCUT2D eigenvalue weighted by atomic mass is 16.3. The first-order chi connectivity index (χ1) is 28.5. The summed E-state index contributed by atoms with van der Waals surface area (Å²) in [4.78, 5) is 2.48. The van der Waals surface area contributed by atoms with Crippen molar-refractivity contribution in [2.24, 2.45) is 0 Å². The van der Waals surface area contributed by atoms with Crippen LogP contribution in [0.25, 0.3) is 88.0 Å². The summed E-state index contributed by atoms with van der Waals surface area (Å²) in [7, 11) is 0. The molecule has 0 saturated carbocycles. The van der Waals surface area contributed by atoms with Crippen LogP contribution in [0, 0.1) is 0 Å². The smallest absolute Gasteiger partial charge is 0.143 e. The van der Waals surface area contributed by atoms with Gasteiger partial charge in [-0.25, -0.2) is 0 Å². The van der Waals surface area contributed by atoms with Gasteiger partial charge in [-0.2, -0.15) is 0 Å². The van der Waals surface area contributed by atoms with Gasteiger partial charge in [0.25, 0.3) is 0 Å². The van der Waals surface area contributed by atoms with Crippen LogP contribution >= 0.6 is 0 Å². The van der Waals surface area contributed by atoms with Crippen molar-refractivity contribution in [2.75, 3.05) is 4.90 Å². The molecule has 0 radical (unpaired) electrons. The lowest BCUT2D eigenvalue weighted by Gasteiger charge is -2.33. The Balaban J connectivity index is 1.09. The summed E-state index contributed by atoms with van der Waals surface area (Å²) in [6.07, 6.45) is 0. The number of benzene rings is 9. The van der Waals surface area contributed by atoms with Gasteiger partial charge in [-0.05, 0) is 81.2 Å². The highest BCUT2D eigenvalue weighted by Gasteiger charge is 2.39. The first-order valence-electron chi connectivity index (χ1n) is 20.0. The van der Waals surface area contributed by atoms with Gasteiger partial charge in [-0.3, -0.25) is 0 Å². The molecule has 0 fully saturated rings. The lowest BCUT2D eigenvalue weighted by molar-refractivity contribution is 0.661. The highest BCUT2D eigenvalue weighted by Crippen LogP contribution is 2.55. The van der Waals surface area contributed by atoms with E-state index in [4.69, 9.17) is 8.83 Å². The highest BCUT2D eigenvalue weighted by molar-refractivity contribution is 6.20. The predicted octanol–water partition coefficient (Wildman–Crippen LogP) is 15.7. The van der Waals surface area contributed by atoms with Crippen LogP contribution < -0.4 is 4.90 Å².